The van der Waals surface area contributed by atoms with Crippen LogP contribution in [0.1, 0.15) is 38.8 Å². The van der Waals surface area contributed by atoms with Gasteiger partial charge in [0.05, 0.1) is 7.05 Å². The molecule has 0 N–H and O–H groups in total. The topological polar surface area (TPSA) is 21.9 Å². The van der Waals surface area contributed by atoms with Crippen LogP contribution in [0.3, 0.4) is 0 Å². The van der Waals surface area contributed by atoms with Gasteiger partial charge in [0.25, 0.3) is 5.82 Å². The van der Waals surface area contributed by atoms with Crippen LogP contribution < -0.4 is 4.57 Å². The van der Waals surface area contributed by atoms with E-state index in [0.29, 0.717) is 0 Å². The van der Waals surface area contributed by atoms with E-state index in [-0.39, 0.29) is 5.41 Å². The number of para-hydroxylation sites is 4. The van der Waals surface area contributed by atoms with Crippen molar-refractivity contribution in [2.24, 2.45) is 7.05 Å². The van der Waals surface area contributed by atoms with Gasteiger partial charge in [-0.2, -0.15) is 4.57 Å². The van der Waals surface area contributed by atoms with Crippen LogP contribution in [0.25, 0.3) is 55.6 Å². The monoisotopic (exact) mass is 471 g/mol. The van der Waals surface area contributed by atoms with Crippen LogP contribution in [-0.2, 0) is 12.5 Å². The highest BCUT2D eigenvalue weighted by Crippen LogP contribution is 2.42. The fraction of sp³-hybridized carbons (Fsp3) is 0.182. The van der Waals surface area contributed by atoms with Crippen LogP contribution in [-0.4, -0.2) is 4.57 Å². The van der Waals surface area contributed by atoms with Crippen LogP contribution in [0, 0.1) is 0 Å². The predicted molar refractivity (Wildman–Crippen MR) is 151 cm³/mol. The highest BCUT2D eigenvalue weighted by molar-refractivity contribution is 6.11. The molecule has 0 bridgehead atoms. The molecular formula is C33H31N2O+. The average molecular weight is 472 g/mol. The molecule has 4 aromatic carbocycles. The first kappa shape index (κ1) is 22.4. The van der Waals surface area contributed by atoms with Crippen LogP contribution >= 0.6 is 0 Å². The number of nitrogens with zero attached hydrogens (tertiary/aromatic N) is 2. The summed E-state index contributed by atoms with van der Waals surface area (Å²) in [5, 5.41) is 2.24. The molecule has 0 aliphatic heterocycles. The Balaban J connectivity index is 1.85. The molecule has 0 spiro atoms. The van der Waals surface area contributed by atoms with Crippen LogP contribution in [0.5, 0.6) is 0 Å². The third-order valence-electron chi connectivity index (χ3n) is 7.20. The second kappa shape index (κ2) is 7.96. The normalized spacial score (nSPS) is 12.1. The highest BCUT2D eigenvalue weighted by atomic mass is 16.3. The summed E-state index contributed by atoms with van der Waals surface area (Å²) >= 11 is 0. The first-order valence-electron chi connectivity index (χ1n) is 12.5. The molecule has 0 aliphatic carbocycles. The zero-order valence-electron chi connectivity index (χ0n) is 21.6. The second-order valence-corrected chi connectivity index (χ2v) is 10.7. The van der Waals surface area contributed by atoms with Gasteiger partial charge >= 0.3 is 0 Å². The van der Waals surface area contributed by atoms with Crippen molar-refractivity contribution >= 4 is 38.5 Å². The van der Waals surface area contributed by atoms with Gasteiger partial charge in [0.15, 0.2) is 16.6 Å². The van der Waals surface area contributed by atoms with E-state index in [4.69, 9.17) is 4.42 Å². The number of hydrogen-bond donors (Lipinski definition) is 0. The maximum atomic E-state index is 6.60. The standard InChI is InChI=1S/C33H31N2O/c1-21(2)22-19-20-24-23-13-7-12-18-29(23)36-31(24)30(22)32-34(6)27-16-10-11-17-28(27)35(32)26-15-9-8-14-25(26)33(3,4)5/h7-20H,1H2,2-6H3/q+1. The molecule has 3 heteroatoms. The SMILES string of the molecule is C=C(C)c1ccc2c(oc3ccccc32)c1-c1n(-c2ccccc2C(C)(C)C)c2ccccc2[n+]1C. The van der Waals surface area contributed by atoms with Crippen LogP contribution in [0.2, 0.25) is 0 Å². The minimum atomic E-state index is -0.0274. The summed E-state index contributed by atoms with van der Waals surface area (Å²) in [4.78, 5) is 0. The van der Waals surface area contributed by atoms with E-state index in [1.165, 1.54) is 11.3 Å². The molecule has 2 aromatic heterocycles. The second-order valence-electron chi connectivity index (χ2n) is 10.7. The summed E-state index contributed by atoms with van der Waals surface area (Å²) in [6.07, 6.45) is 0. The smallest absolute Gasteiger partial charge is 0.299 e. The largest absolute Gasteiger partial charge is 0.455 e. The van der Waals surface area contributed by atoms with E-state index in [2.05, 4.69) is 123 Å². The molecule has 0 atom stereocenters. The fourth-order valence-corrected chi connectivity index (χ4v) is 5.51. The molecular weight excluding hydrogens is 440 g/mol. The molecule has 0 saturated heterocycles. The van der Waals surface area contributed by atoms with Gasteiger partial charge in [0, 0.05) is 16.3 Å². The number of furan rings is 1. The Labute approximate surface area is 211 Å². The van der Waals surface area contributed by atoms with Gasteiger partial charge in [-0.25, -0.2) is 4.57 Å². The molecule has 178 valence electrons. The van der Waals surface area contributed by atoms with Crippen LogP contribution in [0.4, 0.5) is 0 Å². The van der Waals surface area contributed by atoms with Gasteiger partial charge in [0.1, 0.15) is 16.8 Å². The van der Waals surface area contributed by atoms with Gasteiger partial charge in [0.2, 0.25) is 0 Å². The van der Waals surface area contributed by atoms with Gasteiger partial charge in [-0.3, -0.25) is 0 Å². The van der Waals surface area contributed by atoms with Gasteiger partial charge in [-0.15, -0.1) is 0 Å². The van der Waals surface area contributed by atoms with Crippen molar-refractivity contribution in [1.29, 1.82) is 0 Å². The Morgan fingerprint density at radius 2 is 1.53 bits per heavy atom. The number of benzene rings is 4. The van der Waals surface area contributed by atoms with Crippen molar-refractivity contribution < 1.29 is 8.98 Å². The molecule has 0 aliphatic rings. The average Bonchev–Trinajstić information content (AvgIpc) is 3.38. The Morgan fingerprint density at radius 1 is 0.833 bits per heavy atom. The lowest BCUT2D eigenvalue weighted by atomic mass is 9.85. The van der Waals surface area contributed by atoms with E-state index in [9.17, 15) is 0 Å². The quantitative estimate of drug-likeness (QED) is 0.238. The van der Waals surface area contributed by atoms with E-state index >= 15 is 0 Å². The minimum absolute atomic E-state index is 0.0274. The van der Waals surface area contributed by atoms with E-state index < -0.39 is 0 Å². The molecule has 2 heterocycles. The number of imidazole rings is 1. The minimum Gasteiger partial charge on any atom is -0.455 e. The highest BCUT2D eigenvalue weighted by Gasteiger charge is 2.33. The number of aromatic nitrogens is 2. The van der Waals surface area contributed by atoms with Gasteiger partial charge in [-0.1, -0.05) is 87.5 Å². The van der Waals surface area contributed by atoms with Crippen molar-refractivity contribution in [1.82, 2.24) is 4.57 Å². The molecule has 0 amide bonds. The summed E-state index contributed by atoms with van der Waals surface area (Å²) < 4.78 is 11.3. The molecule has 0 unspecified atom stereocenters. The maximum Gasteiger partial charge on any atom is 0.299 e. The summed E-state index contributed by atoms with van der Waals surface area (Å²) in [5.74, 6) is 1.08. The molecule has 0 fully saturated rings. The van der Waals surface area contributed by atoms with Crippen molar-refractivity contribution in [3.8, 4) is 17.1 Å². The number of rotatable bonds is 3. The van der Waals surface area contributed by atoms with Crippen molar-refractivity contribution in [3.05, 3.63) is 103 Å². The molecule has 6 rings (SSSR count). The van der Waals surface area contributed by atoms with E-state index in [1.54, 1.807) is 0 Å². The zero-order valence-corrected chi connectivity index (χ0v) is 21.6. The summed E-state index contributed by atoms with van der Waals surface area (Å²) in [6.45, 7) is 13.3. The first-order valence-corrected chi connectivity index (χ1v) is 12.5. The van der Waals surface area contributed by atoms with Crippen LogP contribution in [0.15, 0.2) is 95.9 Å². The molecule has 6 aromatic rings. The lowest BCUT2D eigenvalue weighted by Gasteiger charge is -2.21. The fourth-order valence-electron chi connectivity index (χ4n) is 5.51. The van der Waals surface area contributed by atoms with Crippen molar-refractivity contribution in [2.45, 2.75) is 33.1 Å². The van der Waals surface area contributed by atoms with Crippen molar-refractivity contribution in [3.63, 3.8) is 0 Å². The number of fused-ring (bicyclic) bond motifs is 4. The molecule has 36 heavy (non-hydrogen) atoms. The molecule has 0 radical (unpaired) electrons. The lowest BCUT2D eigenvalue weighted by Crippen LogP contribution is -2.31. The summed E-state index contributed by atoms with van der Waals surface area (Å²) in [6, 6.07) is 30.0. The van der Waals surface area contributed by atoms with Crippen molar-refractivity contribution in [2.75, 3.05) is 0 Å². The molecule has 0 saturated carbocycles. The summed E-state index contributed by atoms with van der Waals surface area (Å²) in [7, 11) is 2.15. The Hall–Kier alpha value is -4.11. The Kier molecular flexibility index (Phi) is 4.94. The third kappa shape index (κ3) is 3.23. The lowest BCUT2D eigenvalue weighted by molar-refractivity contribution is -0.633. The van der Waals surface area contributed by atoms with Gasteiger partial charge in [-0.05, 0) is 48.2 Å². The molecule has 3 nitrogen and oxygen atoms in total. The Morgan fingerprint density at radius 3 is 2.31 bits per heavy atom. The number of allylic oxidation sites excluding steroid dienone is 1. The summed E-state index contributed by atoms with van der Waals surface area (Å²) in [5.41, 5.74) is 9.72. The number of aryl methyl sites for hydroxylation is 1. The predicted octanol–water partition coefficient (Wildman–Crippen LogP) is 8.35. The maximum absolute atomic E-state index is 6.60. The first-order chi connectivity index (χ1) is 17.3. The Bertz CT molecular complexity index is 1810. The zero-order chi connectivity index (χ0) is 25.2. The van der Waals surface area contributed by atoms with E-state index in [1.807, 2.05) is 12.1 Å². The van der Waals surface area contributed by atoms with Gasteiger partial charge < -0.3 is 4.42 Å². The van der Waals surface area contributed by atoms with E-state index in [0.717, 1.165) is 55.5 Å². The number of hydrogen-bond acceptors (Lipinski definition) is 1. The third-order valence-corrected chi connectivity index (χ3v) is 7.20.